The van der Waals surface area contributed by atoms with Crippen LogP contribution in [0, 0.1) is 0 Å². The zero-order chi connectivity index (χ0) is 13.5. The van der Waals surface area contributed by atoms with Gasteiger partial charge in [0.15, 0.2) is 21.3 Å². The van der Waals surface area contributed by atoms with Gasteiger partial charge in [-0.2, -0.15) is 0 Å². The number of oxazole rings is 1. The lowest BCUT2D eigenvalue weighted by molar-refractivity contribution is 0.451. The smallest absolute Gasteiger partial charge is 0.199 e. The van der Waals surface area contributed by atoms with Crippen molar-refractivity contribution in [2.45, 2.75) is 30.7 Å². The lowest BCUT2D eigenvalue weighted by Crippen LogP contribution is -2.22. The second-order valence-electron chi connectivity index (χ2n) is 4.60. The van der Waals surface area contributed by atoms with Crippen molar-refractivity contribution in [1.82, 2.24) is 4.98 Å². The maximum absolute atomic E-state index is 11.4. The fraction of sp³-hybridized carbons (Fsp3) is 0.417. The minimum atomic E-state index is -3.23. The summed E-state index contributed by atoms with van der Waals surface area (Å²) in [6.45, 7) is 3.80. The number of nitrogens with two attached hydrogens (primary N) is 1. The van der Waals surface area contributed by atoms with E-state index in [0.29, 0.717) is 17.0 Å². The highest BCUT2D eigenvalue weighted by Crippen LogP contribution is 2.24. The van der Waals surface area contributed by atoms with Crippen molar-refractivity contribution in [3.8, 4) is 0 Å². The van der Waals surface area contributed by atoms with E-state index < -0.39 is 9.84 Å². The molecule has 0 spiro atoms. The normalized spacial score (nSPS) is 15.8. The number of benzene rings is 1. The topological polar surface area (TPSA) is 86.2 Å². The molecular formula is C12H16N2O3S. The molecule has 1 aromatic carbocycles. The third-order valence-electron chi connectivity index (χ3n) is 2.98. The molecule has 5 nitrogen and oxygen atoms in total. The van der Waals surface area contributed by atoms with Crippen LogP contribution in [0.3, 0.4) is 0 Å². The van der Waals surface area contributed by atoms with Crippen LogP contribution in [0.25, 0.3) is 11.1 Å². The van der Waals surface area contributed by atoms with Crippen LogP contribution in [-0.2, 0) is 9.84 Å². The van der Waals surface area contributed by atoms with Gasteiger partial charge in [0.05, 0.1) is 4.90 Å². The van der Waals surface area contributed by atoms with Crippen LogP contribution in [0.5, 0.6) is 0 Å². The van der Waals surface area contributed by atoms with Crippen molar-refractivity contribution in [3.63, 3.8) is 0 Å². The summed E-state index contributed by atoms with van der Waals surface area (Å²) >= 11 is 0. The number of hydrogen-bond acceptors (Lipinski definition) is 5. The molecule has 2 aromatic rings. The van der Waals surface area contributed by atoms with Crippen molar-refractivity contribution in [2.75, 3.05) is 6.26 Å². The van der Waals surface area contributed by atoms with Gasteiger partial charge in [0.1, 0.15) is 5.52 Å². The van der Waals surface area contributed by atoms with E-state index in [9.17, 15) is 8.42 Å². The van der Waals surface area contributed by atoms with E-state index in [4.69, 9.17) is 10.2 Å². The summed E-state index contributed by atoms with van der Waals surface area (Å²) in [4.78, 5) is 4.54. The number of rotatable bonds is 3. The summed E-state index contributed by atoms with van der Waals surface area (Å²) in [5, 5.41) is 0. The molecule has 1 heterocycles. The number of sulfone groups is 1. The van der Waals surface area contributed by atoms with Crippen LogP contribution in [0.15, 0.2) is 27.5 Å². The van der Waals surface area contributed by atoms with E-state index in [-0.39, 0.29) is 16.9 Å². The summed E-state index contributed by atoms with van der Waals surface area (Å²) in [5.41, 5.74) is 6.91. The summed E-state index contributed by atoms with van der Waals surface area (Å²) in [7, 11) is -3.23. The molecule has 2 unspecified atom stereocenters. The van der Waals surface area contributed by atoms with Gasteiger partial charge in [-0.1, -0.05) is 6.92 Å². The summed E-state index contributed by atoms with van der Waals surface area (Å²) in [6, 6.07) is 4.58. The number of fused-ring (bicyclic) bond motifs is 1. The lowest BCUT2D eigenvalue weighted by atomic mass is 10.1. The zero-order valence-electron chi connectivity index (χ0n) is 10.5. The van der Waals surface area contributed by atoms with Crippen molar-refractivity contribution < 1.29 is 12.8 Å². The highest BCUT2D eigenvalue weighted by molar-refractivity contribution is 7.90. The molecule has 0 fully saturated rings. The molecule has 2 rings (SSSR count). The molecule has 0 saturated carbocycles. The first-order valence-electron chi connectivity index (χ1n) is 5.65. The first-order valence-corrected chi connectivity index (χ1v) is 7.54. The summed E-state index contributed by atoms with van der Waals surface area (Å²) in [6.07, 6.45) is 1.17. The molecular weight excluding hydrogens is 252 g/mol. The summed E-state index contributed by atoms with van der Waals surface area (Å²) in [5.74, 6) is 0.518. The molecule has 0 aliphatic heterocycles. The quantitative estimate of drug-likeness (QED) is 0.915. The SMILES string of the molecule is CC(N)C(C)c1nc2cc(S(C)(=O)=O)ccc2o1. The second-order valence-corrected chi connectivity index (χ2v) is 6.62. The second kappa shape index (κ2) is 4.37. The Morgan fingerprint density at radius 2 is 2.00 bits per heavy atom. The minimum Gasteiger partial charge on any atom is -0.440 e. The zero-order valence-corrected chi connectivity index (χ0v) is 11.4. The molecule has 0 radical (unpaired) electrons. The molecule has 2 atom stereocenters. The molecule has 0 bridgehead atoms. The van der Waals surface area contributed by atoms with Gasteiger partial charge in [0.25, 0.3) is 0 Å². The van der Waals surface area contributed by atoms with E-state index in [0.717, 1.165) is 0 Å². The Morgan fingerprint density at radius 1 is 1.33 bits per heavy atom. The molecule has 0 aliphatic rings. The Bertz CT molecular complexity index is 674. The highest BCUT2D eigenvalue weighted by atomic mass is 32.2. The van der Waals surface area contributed by atoms with Crippen LogP contribution < -0.4 is 5.73 Å². The Kier molecular flexibility index (Phi) is 3.16. The van der Waals surface area contributed by atoms with Gasteiger partial charge in [0.2, 0.25) is 0 Å². The molecule has 0 aliphatic carbocycles. The van der Waals surface area contributed by atoms with Gasteiger partial charge in [-0.05, 0) is 25.1 Å². The molecule has 2 N–H and O–H groups in total. The van der Waals surface area contributed by atoms with Gasteiger partial charge in [-0.25, -0.2) is 13.4 Å². The van der Waals surface area contributed by atoms with Gasteiger partial charge < -0.3 is 10.2 Å². The van der Waals surface area contributed by atoms with Gasteiger partial charge in [0, 0.05) is 18.2 Å². The Labute approximate surface area is 106 Å². The third kappa shape index (κ3) is 2.39. The molecule has 6 heteroatoms. The molecule has 0 amide bonds. The maximum atomic E-state index is 11.4. The van der Waals surface area contributed by atoms with Gasteiger partial charge in [-0.3, -0.25) is 0 Å². The average Bonchev–Trinajstić information content (AvgIpc) is 2.68. The van der Waals surface area contributed by atoms with Crippen LogP contribution >= 0.6 is 0 Å². The van der Waals surface area contributed by atoms with Crippen LogP contribution in [0.2, 0.25) is 0 Å². The number of hydrogen-bond donors (Lipinski definition) is 1. The van der Waals surface area contributed by atoms with E-state index in [2.05, 4.69) is 4.98 Å². The maximum Gasteiger partial charge on any atom is 0.199 e. The first-order chi connectivity index (χ1) is 8.29. The Hall–Kier alpha value is -1.40. The Morgan fingerprint density at radius 3 is 2.56 bits per heavy atom. The minimum absolute atomic E-state index is 0.0147. The van der Waals surface area contributed by atoms with Crippen molar-refractivity contribution in [2.24, 2.45) is 5.73 Å². The van der Waals surface area contributed by atoms with E-state index >= 15 is 0 Å². The number of aromatic nitrogens is 1. The van der Waals surface area contributed by atoms with Gasteiger partial charge in [-0.15, -0.1) is 0 Å². The van der Waals surface area contributed by atoms with E-state index in [1.54, 1.807) is 6.07 Å². The van der Waals surface area contributed by atoms with E-state index in [1.165, 1.54) is 18.4 Å². The average molecular weight is 268 g/mol. The largest absolute Gasteiger partial charge is 0.440 e. The van der Waals surface area contributed by atoms with Crippen LogP contribution in [0.1, 0.15) is 25.7 Å². The predicted octanol–water partition coefficient (Wildman–Crippen LogP) is 1.68. The van der Waals surface area contributed by atoms with Gasteiger partial charge >= 0.3 is 0 Å². The molecule has 0 saturated heterocycles. The fourth-order valence-corrected chi connectivity index (χ4v) is 2.22. The van der Waals surface area contributed by atoms with E-state index in [1.807, 2.05) is 13.8 Å². The molecule has 18 heavy (non-hydrogen) atoms. The Balaban J connectivity index is 2.53. The van der Waals surface area contributed by atoms with Crippen LogP contribution in [-0.4, -0.2) is 25.7 Å². The molecule has 98 valence electrons. The van der Waals surface area contributed by atoms with Crippen molar-refractivity contribution in [1.29, 1.82) is 0 Å². The van der Waals surface area contributed by atoms with Crippen LogP contribution in [0.4, 0.5) is 0 Å². The van der Waals surface area contributed by atoms with Crippen molar-refractivity contribution in [3.05, 3.63) is 24.1 Å². The summed E-state index contributed by atoms with van der Waals surface area (Å²) < 4.78 is 28.5. The monoisotopic (exact) mass is 268 g/mol. The standard InChI is InChI=1S/C12H16N2O3S/c1-7(8(2)13)12-14-10-6-9(18(3,15)16)4-5-11(10)17-12/h4-8H,13H2,1-3H3. The molecule has 1 aromatic heterocycles. The van der Waals surface area contributed by atoms with Crippen molar-refractivity contribution >= 4 is 20.9 Å². The lowest BCUT2D eigenvalue weighted by Gasteiger charge is -2.10. The third-order valence-corrected chi connectivity index (χ3v) is 4.09. The predicted molar refractivity (Wildman–Crippen MR) is 69.2 cm³/mol. The highest BCUT2D eigenvalue weighted by Gasteiger charge is 2.18. The fourth-order valence-electron chi connectivity index (χ4n) is 1.58. The first kappa shape index (κ1) is 13.0. The number of nitrogens with zero attached hydrogens (tertiary/aromatic N) is 1.